The zero-order chi connectivity index (χ0) is 10.4. The SMILES string of the molecule is CC(=O)C(=O)O/C=C\c1ccccc1. The van der Waals surface area contributed by atoms with Crippen molar-refractivity contribution in [1.29, 1.82) is 0 Å². The molecule has 0 fully saturated rings. The van der Waals surface area contributed by atoms with E-state index < -0.39 is 11.8 Å². The summed E-state index contributed by atoms with van der Waals surface area (Å²) in [6, 6.07) is 9.34. The summed E-state index contributed by atoms with van der Waals surface area (Å²) in [6.45, 7) is 1.17. The number of hydrogen-bond acceptors (Lipinski definition) is 3. The third kappa shape index (κ3) is 3.23. The van der Waals surface area contributed by atoms with Gasteiger partial charge in [-0.1, -0.05) is 30.3 Å². The second-order valence-electron chi connectivity index (χ2n) is 2.67. The molecule has 0 amide bonds. The molecular weight excluding hydrogens is 180 g/mol. The highest BCUT2D eigenvalue weighted by Gasteiger charge is 2.05. The smallest absolute Gasteiger partial charge is 0.379 e. The first-order valence-electron chi connectivity index (χ1n) is 4.13. The average molecular weight is 190 g/mol. The number of carbonyl (C=O) groups is 2. The predicted octanol–water partition coefficient (Wildman–Crippen LogP) is 1.79. The van der Waals surface area contributed by atoms with Gasteiger partial charge in [0.25, 0.3) is 0 Å². The van der Waals surface area contributed by atoms with E-state index in [9.17, 15) is 9.59 Å². The lowest BCUT2D eigenvalue weighted by molar-refractivity contribution is -0.148. The Labute approximate surface area is 82.0 Å². The summed E-state index contributed by atoms with van der Waals surface area (Å²) in [6.07, 6.45) is 2.82. The number of ketones is 1. The molecule has 3 nitrogen and oxygen atoms in total. The fourth-order valence-electron chi connectivity index (χ4n) is 0.822. The van der Waals surface area contributed by atoms with Crippen molar-refractivity contribution < 1.29 is 14.3 Å². The van der Waals surface area contributed by atoms with E-state index in [2.05, 4.69) is 4.74 Å². The summed E-state index contributed by atoms with van der Waals surface area (Å²) < 4.78 is 4.54. The third-order valence-electron chi connectivity index (χ3n) is 1.52. The van der Waals surface area contributed by atoms with Crippen molar-refractivity contribution in [2.45, 2.75) is 6.92 Å². The molecule has 0 aliphatic carbocycles. The molecule has 0 aliphatic heterocycles. The molecule has 0 spiro atoms. The molecule has 0 atom stereocenters. The van der Waals surface area contributed by atoms with Crippen LogP contribution < -0.4 is 0 Å². The van der Waals surface area contributed by atoms with Crippen LogP contribution in [0.2, 0.25) is 0 Å². The Morgan fingerprint density at radius 3 is 2.43 bits per heavy atom. The van der Waals surface area contributed by atoms with Crippen molar-refractivity contribution in [3.8, 4) is 0 Å². The van der Waals surface area contributed by atoms with Crippen LogP contribution in [0, 0.1) is 0 Å². The summed E-state index contributed by atoms with van der Waals surface area (Å²) in [7, 11) is 0. The number of esters is 1. The van der Waals surface area contributed by atoms with Crippen molar-refractivity contribution in [2.75, 3.05) is 0 Å². The van der Waals surface area contributed by atoms with Gasteiger partial charge in [-0.2, -0.15) is 0 Å². The van der Waals surface area contributed by atoms with Gasteiger partial charge in [0, 0.05) is 6.92 Å². The van der Waals surface area contributed by atoms with Gasteiger partial charge in [0.15, 0.2) is 0 Å². The van der Waals surface area contributed by atoms with Crippen LogP contribution in [-0.2, 0) is 14.3 Å². The van der Waals surface area contributed by atoms with Gasteiger partial charge in [-0.25, -0.2) is 4.79 Å². The molecule has 0 bridgehead atoms. The van der Waals surface area contributed by atoms with Crippen LogP contribution >= 0.6 is 0 Å². The highest BCUT2D eigenvalue weighted by molar-refractivity contribution is 6.32. The average Bonchev–Trinajstić information content (AvgIpc) is 2.19. The van der Waals surface area contributed by atoms with Crippen LogP contribution in [0.15, 0.2) is 36.6 Å². The topological polar surface area (TPSA) is 43.4 Å². The number of ether oxygens (including phenoxy) is 1. The Morgan fingerprint density at radius 1 is 1.21 bits per heavy atom. The first-order valence-corrected chi connectivity index (χ1v) is 4.13. The van der Waals surface area contributed by atoms with Crippen molar-refractivity contribution >= 4 is 17.8 Å². The Kier molecular flexibility index (Phi) is 3.61. The first kappa shape index (κ1) is 10.2. The molecule has 0 saturated heterocycles. The molecule has 0 heterocycles. The molecule has 0 N–H and O–H groups in total. The Morgan fingerprint density at radius 2 is 1.86 bits per heavy atom. The number of hydrogen-bond donors (Lipinski definition) is 0. The number of Topliss-reactive ketones (excluding diaryl/α,β-unsaturated/α-hetero) is 1. The van der Waals surface area contributed by atoms with E-state index in [-0.39, 0.29) is 0 Å². The van der Waals surface area contributed by atoms with Gasteiger partial charge >= 0.3 is 5.97 Å². The second kappa shape index (κ2) is 4.97. The van der Waals surface area contributed by atoms with Crippen LogP contribution in [0.25, 0.3) is 6.08 Å². The van der Waals surface area contributed by atoms with E-state index in [1.807, 2.05) is 30.3 Å². The van der Waals surface area contributed by atoms with Gasteiger partial charge in [0.2, 0.25) is 5.78 Å². The normalized spacial score (nSPS) is 10.1. The molecule has 1 rings (SSSR count). The second-order valence-corrected chi connectivity index (χ2v) is 2.67. The molecule has 3 heteroatoms. The quantitative estimate of drug-likeness (QED) is 0.414. The Hall–Kier alpha value is -1.90. The van der Waals surface area contributed by atoms with Crippen LogP contribution in [-0.4, -0.2) is 11.8 Å². The molecule has 1 aromatic rings. The van der Waals surface area contributed by atoms with E-state index >= 15 is 0 Å². The van der Waals surface area contributed by atoms with Crippen molar-refractivity contribution in [2.24, 2.45) is 0 Å². The monoisotopic (exact) mass is 190 g/mol. The van der Waals surface area contributed by atoms with Gasteiger partial charge in [-0.05, 0) is 11.6 Å². The van der Waals surface area contributed by atoms with Crippen molar-refractivity contribution in [3.05, 3.63) is 42.2 Å². The highest BCUT2D eigenvalue weighted by Crippen LogP contribution is 2.00. The predicted molar refractivity (Wildman–Crippen MR) is 52.2 cm³/mol. The highest BCUT2D eigenvalue weighted by atomic mass is 16.5. The third-order valence-corrected chi connectivity index (χ3v) is 1.52. The van der Waals surface area contributed by atoms with Gasteiger partial charge in [0.05, 0.1) is 6.26 Å². The van der Waals surface area contributed by atoms with E-state index in [1.54, 1.807) is 6.08 Å². The van der Waals surface area contributed by atoms with Crippen LogP contribution in [0.4, 0.5) is 0 Å². The molecule has 0 aromatic heterocycles. The summed E-state index contributed by atoms with van der Waals surface area (Å²) in [5, 5.41) is 0. The van der Waals surface area contributed by atoms with Gasteiger partial charge in [-0.3, -0.25) is 4.79 Å². The van der Waals surface area contributed by atoms with E-state index in [0.29, 0.717) is 0 Å². The lowest BCUT2D eigenvalue weighted by Gasteiger charge is -1.93. The van der Waals surface area contributed by atoms with E-state index in [1.165, 1.54) is 13.2 Å². The maximum Gasteiger partial charge on any atom is 0.379 e. The summed E-state index contributed by atoms with van der Waals surface area (Å²) in [5.41, 5.74) is 0.906. The van der Waals surface area contributed by atoms with E-state index in [4.69, 9.17) is 0 Å². The fourth-order valence-corrected chi connectivity index (χ4v) is 0.822. The van der Waals surface area contributed by atoms with Crippen molar-refractivity contribution in [1.82, 2.24) is 0 Å². The van der Waals surface area contributed by atoms with Crippen molar-refractivity contribution in [3.63, 3.8) is 0 Å². The van der Waals surface area contributed by atoms with Crippen LogP contribution in [0.5, 0.6) is 0 Å². The van der Waals surface area contributed by atoms with Gasteiger partial charge < -0.3 is 4.74 Å². The lowest BCUT2D eigenvalue weighted by atomic mass is 10.2. The maximum atomic E-state index is 10.7. The van der Waals surface area contributed by atoms with Gasteiger partial charge in [0.1, 0.15) is 0 Å². The summed E-state index contributed by atoms with van der Waals surface area (Å²) in [5.74, 6) is -1.46. The minimum atomic E-state index is -0.850. The largest absolute Gasteiger partial charge is 0.429 e. The molecule has 0 aliphatic rings. The first-order chi connectivity index (χ1) is 6.70. The molecule has 0 saturated carbocycles. The molecule has 0 radical (unpaired) electrons. The van der Waals surface area contributed by atoms with Crippen LogP contribution in [0.3, 0.4) is 0 Å². The minimum absolute atomic E-state index is 0.609. The zero-order valence-corrected chi connectivity index (χ0v) is 7.77. The lowest BCUT2D eigenvalue weighted by Crippen LogP contribution is -2.09. The molecule has 0 unspecified atom stereocenters. The molecule has 14 heavy (non-hydrogen) atoms. The maximum absolute atomic E-state index is 10.7. The summed E-state index contributed by atoms with van der Waals surface area (Å²) >= 11 is 0. The number of rotatable bonds is 3. The standard InChI is InChI=1S/C11H10O3/c1-9(12)11(13)14-8-7-10-5-3-2-4-6-10/h2-8H,1H3/b8-7-. The van der Waals surface area contributed by atoms with Crippen LogP contribution in [0.1, 0.15) is 12.5 Å². The fraction of sp³-hybridized carbons (Fsp3) is 0.0909. The molecular formula is C11H10O3. The number of carbonyl (C=O) groups excluding carboxylic acids is 2. The zero-order valence-electron chi connectivity index (χ0n) is 7.77. The minimum Gasteiger partial charge on any atom is -0.429 e. The van der Waals surface area contributed by atoms with E-state index in [0.717, 1.165) is 5.56 Å². The Bertz CT molecular complexity index is 352. The van der Waals surface area contributed by atoms with Gasteiger partial charge in [-0.15, -0.1) is 0 Å². The molecule has 72 valence electrons. The molecule has 1 aromatic carbocycles. The number of benzene rings is 1. The Balaban J connectivity index is 2.50. The summed E-state index contributed by atoms with van der Waals surface area (Å²) in [4.78, 5) is 21.2.